The van der Waals surface area contributed by atoms with Crippen molar-refractivity contribution in [2.75, 3.05) is 12.4 Å². The fourth-order valence-electron chi connectivity index (χ4n) is 2.80. The Balaban J connectivity index is 1.59. The van der Waals surface area contributed by atoms with Crippen molar-refractivity contribution >= 4 is 34.6 Å². The van der Waals surface area contributed by atoms with Gasteiger partial charge in [-0.1, -0.05) is 18.2 Å². The van der Waals surface area contributed by atoms with Crippen LogP contribution in [-0.4, -0.2) is 33.3 Å². The molecule has 152 valence electrons. The Morgan fingerprint density at radius 2 is 1.97 bits per heavy atom. The summed E-state index contributed by atoms with van der Waals surface area (Å²) < 4.78 is 32.7. The molecule has 0 atom stereocenters. The van der Waals surface area contributed by atoms with E-state index < -0.39 is 11.7 Å². The van der Waals surface area contributed by atoms with Gasteiger partial charge in [0.2, 0.25) is 5.89 Å². The van der Waals surface area contributed by atoms with Crippen LogP contribution >= 0.6 is 0 Å². The first-order valence-corrected chi connectivity index (χ1v) is 8.93. The molecule has 0 aliphatic rings. The van der Waals surface area contributed by atoms with E-state index in [-0.39, 0.29) is 28.8 Å². The van der Waals surface area contributed by atoms with Crippen molar-refractivity contribution in [2.45, 2.75) is 6.54 Å². The summed E-state index contributed by atoms with van der Waals surface area (Å²) in [5.74, 6) is -1.57. The molecule has 0 spiro atoms. The predicted molar refractivity (Wildman–Crippen MR) is 106 cm³/mol. The molecule has 0 fully saturated rings. The average Bonchev–Trinajstić information content (AvgIpc) is 3.35. The number of fused-ring (bicyclic) bond motifs is 1. The van der Waals surface area contributed by atoms with Crippen molar-refractivity contribution < 1.29 is 18.0 Å². The summed E-state index contributed by atoms with van der Waals surface area (Å²) >= 11 is 0. The molecule has 0 saturated carbocycles. The molecule has 2 heterocycles. The summed E-state index contributed by atoms with van der Waals surface area (Å²) in [5.41, 5.74) is 1.62. The third-order valence-electron chi connectivity index (χ3n) is 4.20. The van der Waals surface area contributed by atoms with Gasteiger partial charge in [0, 0.05) is 11.1 Å². The minimum atomic E-state index is -0.657. The number of nitrogens with one attached hydrogen (secondary N) is 3. The van der Waals surface area contributed by atoms with Gasteiger partial charge < -0.3 is 15.1 Å². The Morgan fingerprint density at radius 3 is 2.73 bits per heavy atom. The number of rotatable bonds is 6. The Hall–Kier alpha value is -3.92. The molecule has 0 unspecified atom stereocenters. The highest BCUT2D eigenvalue weighted by Crippen LogP contribution is 2.25. The van der Waals surface area contributed by atoms with Crippen LogP contribution in [0.4, 0.5) is 14.5 Å². The van der Waals surface area contributed by atoms with Crippen LogP contribution < -0.4 is 10.6 Å². The molecule has 0 radical (unpaired) electrons. The zero-order valence-electron chi connectivity index (χ0n) is 15.7. The molecule has 2 aromatic carbocycles. The summed E-state index contributed by atoms with van der Waals surface area (Å²) in [6.07, 6.45) is 3.42. The van der Waals surface area contributed by atoms with Crippen molar-refractivity contribution in [3.05, 3.63) is 71.1 Å². The van der Waals surface area contributed by atoms with Gasteiger partial charge in [-0.15, -0.1) is 10.2 Å². The number of carbonyl (C=O) groups excluding carboxylic acids is 1. The van der Waals surface area contributed by atoms with E-state index in [9.17, 15) is 13.6 Å². The third-order valence-corrected chi connectivity index (χ3v) is 4.20. The second-order valence-electron chi connectivity index (χ2n) is 6.36. The lowest BCUT2D eigenvalue weighted by Gasteiger charge is -2.03. The zero-order valence-corrected chi connectivity index (χ0v) is 15.7. The molecule has 4 aromatic rings. The highest BCUT2D eigenvalue weighted by molar-refractivity contribution is 6.02. The van der Waals surface area contributed by atoms with Crippen molar-refractivity contribution in [3.63, 3.8) is 0 Å². The number of carbonyl (C=O) groups is 1. The number of nitrogens with zero attached hydrogens (tertiary/aromatic N) is 3. The minimum absolute atomic E-state index is 0.126. The van der Waals surface area contributed by atoms with E-state index in [1.165, 1.54) is 12.1 Å². The van der Waals surface area contributed by atoms with E-state index in [4.69, 9.17) is 4.42 Å². The molecule has 2 aromatic heterocycles. The normalized spacial score (nSPS) is 11.4. The van der Waals surface area contributed by atoms with Crippen LogP contribution in [0.3, 0.4) is 0 Å². The summed E-state index contributed by atoms with van der Waals surface area (Å²) in [5, 5.41) is 20.0. The van der Waals surface area contributed by atoms with Crippen LogP contribution in [0.5, 0.6) is 0 Å². The van der Waals surface area contributed by atoms with Gasteiger partial charge in [-0.25, -0.2) is 8.78 Å². The van der Waals surface area contributed by atoms with Gasteiger partial charge in [-0.05, 0) is 43.0 Å². The molecular formula is C20H16F2N6O2. The summed E-state index contributed by atoms with van der Waals surface area (Å²) in [6, 6.07) is 8.65. The molecule has 4 rings (SSSR count). The van der Waals surface area contributed by atoms with E-state index >= 15 is 0 Å². The number of hydrogen-bond acceptors (Lipinski definition) is 6. The van der Waals surface area contributed by atoms with Crippen molar-refractivity contribution in [1.82, 2.24) is 25.7 Å². The van der Waals surface area contributed by atoms with Crippen molar-refractivity contribution in [2.24, 2.45) is 0 Å². The number of aromatic amines is 1. The van der Waals surface area contributed by atoms with Crippen LogP contribution in [0, 0.1) is 11.6 Å². The first kappa shape index (κ1) is 19.4. The molecule has 30 heavy (non-hydrogen) atoms. The maximum Gasteiger partial charge on any atom is 0.313 e. The number of aromatic nitrogens is 4. The molecule has 1 amide bonds. The SMILES string of the molecule is CNCc1nnc(C(=O)Nc2cc(F)c3n[nH]c(C=Cc4ccc(F)cc4)c3c2)o1. The second kappa shape index (κ2) is 8.21. The number of hydrogen-bond donors (Lipinski definition) is 3. The lowest BCUT2D eigenvalue weighted by molar-refractivity contribution is 0.0988. The number of H-pyrrole nitrogens is 1. The monoisotopic (exact) mass is 410 g/mol. The number of anilines is 1. The standard InChI is InChI=1S/C20H16F2N6O2/c1-23-10-17-26-28-20(30-17)19(29)24-13-8-14-16(25-27-18(14)15(22)9-13)7-4-11-2-5-12(21)6-3-11/h2-9,23H,10H2,1H3,(H,24,29)(H,25,27). The largest absolute Gasteiger partial charge is 0.415 e. The van der Waals surface area contributed by atoms with Crippen LogP contribution in [0.15, 0.2) is 40.8 Å². The first-order valence-electron chi connectivity index (χ1n) is 8.93. The Bertz CT molecular complexity index is 1230. The van der Waals surface area contributed by atoms with Gasteiger partial charge in [0.05, 0.1) is 12.2 Å². The van der Waals surface area contributed by atoms with Crippen molar-refractivity contribution in [1.29, 1.82) is 0 Å². The number of amides is 1. The van der Waals surface area contributed by atoms with Gasteiger partial charge in [0.1, 0.15) is 11.3 Å². The summed E-state index contributed by atoms with van der Waals surface area (Å²) in [4.78, 5) is 12.3. The van der Waals surface area contributed by atoms with Crippen molar-refractivity contribution in [3.8, 4) is 0 Å². The molecule has 8 nitrogen and oxygen atoms in total. The first-order chi connectivity index (χ1) is 14.5. The molecule has 0 aliphatic heterocycles. The third kappa shape index (κ3) is 4.08. The lowest BCUT2D eigenvalue weighted by atomic mass is 10.1. The van der Waals surface area contributed by atoms with E-state index in [0.29, 0.717) is 17.6 Å². The molecule has 10 heteroatoms. The van der Waals surface area contributed by atoms with Crippen LogP contribution in [0.2, 0.25) is 0 Å². The highest BCUT2D eigenvalue weighted by atomic mass is 19.1. The fraction of sp³-hybridized carbons (Fsp3) is 0.100. The van der Waals surface area contributed by atoms with E-state index in [0.717, 1.165) is 11.6 Å². The van der Waals surface area contributed by atoms with Gasteiger partial charge in [0.25, 0.3) is 0 Å². The molecule has 0 saturated heterocycles. The number of benzene rings is 2. The summed E-state index contributed by atoms with van der Waals surface area (Å²) in [7, 11) is 1.70. The lowest BCUT2D eigenvalue weighted by Crippen LogP contribution is -2.12. The minimum Gasteiger partial charge on any atom is -0.415 e. The molecule has 0 bridgehead atoms. The van der Waals surface area contributed by atoms with E-state index in [1.807, 2.05) is 0 Å². The van der Waals surface area contributed by atoms with Crippen LogP contribution in [-0.2, 0) is 6.54 Å². The Kier molecular flexibility index (Phi) is 5.31. The molecular weight excluding hydrogens is 394 g/mol. The van der Waals surface area contributed by atoms with Crippen LogP contribution in [0.25, 0.3) is 23.1 Å². The van der Waals surface area contributed by atoms with E-state index in [2.05, 4.69) is 31.0 Å². The Morgan fingerprint density at radius 1 is 1.17 bits per heavy atom. The fourth-order valence-corrected chi connectivity index (χ4v) is 2.80. The smallest absolute Gasteiger partial charge is 0.313 e. The maximum atomic E-state index is 14.5. The van der Waals surface area contributed by atoms with Gasteiger partial charge >= 0.3 is 11.8 Å². The Labute approximate surface area is 169 Å². The van der Waals surface area contributed by atoms with E-state index in [1.54, 1.807) is 37.4 Å². The second-order valence-corrected chi connectivity index (χ2v) is 6.36. The number of halogens is 2. The topological polar surface area (TPSA) is 109 Å². The quantitative estimate of drug-likeness (QED) is 0.450. The highest BCUT2D eigenvalue weighted by Gasteiger charge is 2.17. The average molecular weight is 410 g/mol. The van der Waals surface area contributed by atoms with Crippen LogP contribution in [0.1, 0.15) is 27.8 Å². The summed E-state index contributed by atoms with van der Waals surface area (Å²) in [6.45, 7) is 0.319. The molecule has 0 aliphatic carbocycles. The predicted octanol–water partition coefficient (Wildman–Crippen LogP) is 3.37. The van der Waals surface area contributed by atoms with Gasteiger partial charge in [-0.2, -0.15) is 5.10 Å². The maximum absolute atomic E-state index is 14.5. The van der Waals surface area contributed by atoms with Gasteiger partial charge in [-0.3, -0.25) is 9.89 Å². The zero-order chi connectivity index (χ0) is 21.1. The van der Waals surface area contributed by atoms with Gasteiger partial charge in [0.15, 0.2) is 5.82 Å². The molecule has 3 N–H and O–H groups in total.